The Kier molecular flexibility index (Phi) is 4.94. The predicted octanol–water partition coefficient (Wildman–Crippen LogP) is 2.97. The molecule has 0 saturated carbocycles. The van der Waals surface area contributed by atoms with Crippen LogP contribution in [0.1, 0.15) is 33.5 Å². The molecule has 0 aliphatic heterocycles. The minimum atomic E-state index is -0.551. The summed E-state index contributed by atoms with van der Waals surface area (Å²) in [7, 11) is 0. The van der Waals surface area contributed by atoms with Gasteiger partial charge in [0.1, 0.15) is 0 Å². The van der Waals surface area contributed by atoms with Crippen LogP contribution in [0.25, 0.3) is 0 Å². The highest BCUT2D eigenvalue weighted by Gasteiger charge is 2.10. The SMILES string of the molecule is Cc1ccc(CCC(=O)Nc2ccccc2C(N)=O)c(C)c1. The molecule has 0 aliphatic rings. The lowest BCUT2D eigenvalue weighted by Gasteiger charge is -2.10. The molecular formula is C18H20N2O2. The van der Waals surface area contributed by atoms with Gasteiger partial charge < -0.3 is 11.1 Å². The first-order chi connectivity index (χ1) is 10.5. The molecule has 0 unspecified atom stereocenters. The average molecular weight is 296 g/mol. The number of amides is 2. The van der Waals surface area contributed by atoms with Crippen LogP contribution in [0.4, 0.5) is 5.69 Å². The molecule has 0 aliphatic carbocycles. The third-order valence-electron chi connectivity index (χ3n) is 3.59. The van der Waals surface area contributed by atoms with E-state index in [4.69, 9.17) is 5.73 Å². The van der Waals surface area contributed by atoms with Gasteiger partial charge in [0.25, 0.3) is 5.91 Å². The number of hydrogen-bond donors (Lipinski definition) is 2. The molecule has 4 heteroatoms. The van der Waals surface area contributed by atoms with E-state index in [1.807, 2.05) is 19.9 Å². The lowest BCUT2D eigenvalue weighted by Crippen LogP contribution is -2.18. The minimum Gasteiger partial charge on any atom is -0.366 e. The van der Waals surface area contributed by atoms with Crippen LogP contribution in [0.5, 0.6) is 0 Å². The maximum absolute atomic E-state index is 12.1. The molecule has 0 bridgehead atoms. The lowest BCUT2D eigenvalue weighted by molar-refractivity contribution is -0.116. The number of aryl methyl sites for hydroxylation is 3. The number of carbonyl (C=O) groups excluding carboxylic acids is 2. The average Bonchev–Trinajstić information content (AvgIpc) is 2.46. The van der Waals surface area contributed by atoms with Crippen molar-refractivity contribution in [3.63, 3.8) is 0 Å². The van der Waals surface area contributed by atoms with Crippen LogP contribution in [-0.2, 0) is 11.2 Å². The van der Waals surface area contributed by atoms with Gasteiger partial charge in [-0.15, -0.1) is 0 Å². The lowest BCUT2D eigenvalue weighted by atomic mass is 10.0. The molecule has 0 heterocycles. The molecule has 0 spiro atoms. The molecule has 2 aromatic carbocycles. The van der Waals surface area contributed by atoms with Gasteiger partial charge in [-0.25, -0.2) is 0 Å². The first kappa shape index (κ1) is 15.8. The normalized spacial score (nSPS) is 10.3. The summed E-state index contributed by atoms with van der Waals surface area (Å²) in [5.74, 6) is -0.682. The van der Waals surface area contributed by atoms with Gasteiger partial charge in [-0.1, -0.05) is 35.9 Å². The van der Waals surface area contributed by atoms with Crippen molar-refractivity contribution in [1.82, 2.24) is 0 Å². The highest BCUT2D eigenvalue weighted by atomic mass is 16.2. The second-order valence-electron chi connectivity index (χ2n) is 5.39. The van der Waals surface area contributed by atoms with E-state index in [1.165, 1.54) is 11.1 Å². The second-order valence-corrected chi connectivity index (χ2v) is 5.39. The van der Waals surface area contributed by atoms with Gasteiger partial charge in [-0.05, 0) is 43.5 Å². The molecule has 3 N–H and O–H groups in total. The highest BCUT2D eigenvalue weighted by Crippen LogP contribution is 2.16. The number of nitrogens with one attached hydrogen (secondary N) is 1. The van der Waals surface area contributed by atoms with E-state index in [0.717, 1.165) is 5.56 Å². The molecule has 0 radical (unpaired) electrons. The van der Waals surface area contributed by atoms with Crippen molar-refractivity contribution >= 4 is 17.5 Å². The molecule has 4 nitrogen and oxygen atoms in total. The maximum Gasteiger partial charge on any atom is 0.250 e. The van der Waals surface area contributed by atoms with Gasteiger partial charge in [0.15, 0.2) is 0 Å². The summed E-state index contributed by atoms with van der Waals surface area (Å²) in [6, 6.07) is 12.9. The van der Waals surface area contributed by atoms with E-state index >= 15 is 0 Å². The number of rotatable bonds is 5. The zero-order valence-electron chi connectivity index (χ0n) is 12.8. The summed E-state index contributed by atoms with van der Waals surface area (Å²) in [5.41, 5.74) is 9.63. The third-order valence-corrected chi connectivity index (χ3v) is 3.59. The first-order valence-electron chi connectivity index (χ1n) is 7.22. The van der Waals surface area contributed by atoms with Gasteiger partial charge in [0.05, 0.1) is 11.3 Å². The maximum atomic E-state index is 12.1. The van der Waals surface area contributed by atoms with Crippen LogP contribution in [-0.4, -0.2) is 11.8 Å². The smallest absolute Gasteiger partial charge is 0.250 e. The molecule has 2 rings (SSSR count). The zero-order valence-corrected chi connectivity index (χ0v) is 12.8. The van der Waals surface area contributed by atoms with Crippen LogP contribution >= 0.6 is 0 Å². The van der Waals surface area contributed by atoms with Crippen LogP contribution in [0.15, 0.2) is 42.5 Å². The van der Waals surface area contributed by atoms with Crippen molar-refractivity contribution < 1.29 is 9.59 Å². The monoisotopic (exact) mass is 296 g/mol. The largest absolute Gasteiger partial charge is 0.366 e. The summed E-state index contributed by atoms with van der Waals surface area (Å²) in [5, 5.41) is 2.75. The Morgan fingerprint density at radius 3 is 2.50 bits per heavy atom. The van der Waals surface area contributed by atoms with Crippen molar-refractivity contribution in [3.8, 4) is 0 Å². The molecule has 2 aromatic rings. The van der Waals surface area contributed by atoms with Crippen molar-refractivity contribution in [2.24, 2.45) is 5.73 Å². The Bertz CT molecular complexity index is 708. The molecule has 0 atom stereocenters. The van der Waals surface area contributed by atoms with Crippen LogP contribution < -0.4 is 11.1 Å². The number of para-hydroxylation sites is 1. The molecule has 0 saturated heterocycles. The van der Waals surface area contributed by atoms with Crippen molar-refractivity contribution in [3.05, 3.63) is 64.7 Å². The van der Waals surface area contributed by atoms with E-state index in [1.54, 1.807) is 24.3 Å². The number of nitrogens with two attached hydrogens (primary N) is 1. The first-order valence-corrected chi connectivity index (χ1v) is 7.22. The summed E-state index contributed by atoms with van der Waals surface area (Å²) >= 11 is 0. The second kappa shape index (κ2) is 6.89. The summed E-state index contributed by atoms with van der Waals surface area (Å²) in [6.07, 6.45) is 1.02. The molecule has 114 valence electrons. The fraction of sp³-hybridized carbons (Fsp3) is 0.222. The summed E-state index contributed by atoms with van der Waals surface area (Å²) in [4.78, 5) is 23.4. The number of hydrogen-bond acceptors (Lipinski definition) is 2. The predicted molar refractivity (Wildman–Crippen MR) is 87.8 cm³/mol. The van der Waals surface area contributed by atoms with E-state index in [-0.39, 0.29) is 5.91 Å². The summed E-state index contributed by atoms with van der Waals surface area (Å²) < 4.78 is 0. The third kappa shape index (κ3) is 3.95. The van der Waals surface area contributed by atoms with Gasteiger partial charge in [-0.2, -0.15) is 0 Å². The number of anilines is 1. The van der Waals surface area contributed by atoms with Crippen molar-refractivity contribution in [2.75, 3.05) is 5.32 Å². The van der Waals surface area contributed by atoms with Crippen LogP contribution in [0.2, 0.25) is 0 Å². The van der Waals surface area contributed by atoms with Gasteiger partial charge >= 0.3 is 0 Å². The van der Waals surface area contributed by atoms with Crippen LogP contribution in [0.3, 0.4) is 0 Å². The van der Waals surface area contributed by atoms with Gasteiger partial charge in [0, 0.05) is 6.42 Å². The Balaban J connectivity index is 2.00. The molecule has 0 fully saturated rings. The molecular weight excluding hydrogens is 276 g/mol. The standard InChI is InChI=1S/C18H20N2O2/c1-12-7-8-14(13(2)11-12)9-10-17(21)20-16-6-4-3-5-15(16)18(19)22/h3-8,11H,9-10H2,1-2H3,(H2,19,22)(H,20,21). The van der Waals surface area contributed by atoms with Gasteiger partial charge in [-0.3, -0.25) is 9.59 Å². The van der Waals surface area contributed by atoms with E-state index < -0.39 is 5.91 Å². The van der Waals surface area contributed by atoms with Crippen molar-refractivity contribution in [2.45, 2.75) is 26.7 Å². The van der Waals surface area contributed by atoms with E-state index in [2.05, 4.69) is 17.4 Å². The Labute approximate surface area is 130 Å². The van der Waals surface area contributed by atoms with Crippen molar-refractivity contribution in [1.29, 1.82) is 0 Å². The minimum absolute atomic E-state index is 0.131. The van der Waals surface area contributed by atoms with E-state index in [9.17, 15) is 9.59 Å². The Morgan fingerprint density at radius 1 is 1.09 bits per heavy atom. The Morgan fingerprint density at radius 2 is 1.82 bits per heavy atom. The zero-order chi connectivity index (χ0) is 16.1. The topological polar surface area (TPSA) is 72.2 Å². The van der Waals surface area contributed by atoms with E-state index in [0.29, 0.717) is 24.1 Å². The summed E-state index contributed by atoms with van der Waals surface area (Å²) in [6.45, 7) is 4.09. The van der Waals surface area contributed by atoms with Gasteiger partial charge in [0.2, 0.25) is 5.91 Å². The number of carbonyl (C=O) groups is 2. The molecule has 0 aromatic heterocycles. The highest BCUT2D eigenvalue weighted by molar-refractivity contribution is 6.02. The number of benzene rings is 2. The van der Waals surface area contributed by atoms with Crippen LogP contribution in [0, 0.1) is 13.8 Å². The fourth-order valence-corrected chi connectivity index (χ4v) is 2.39. The molecule has 22 heavy (non-hydrogen) atoms. The fourth-order valence-electron chi connectivity index (χ4n) is 2.39. The quantitative estimate of drug-likeness (QED) is 0.890. The number of primary amides is 1. The molecule has 2 amide bonds. The Hall–Kier alpha value is -2.62.